The predicted octanol–water partition coefficient (Wildman–Crippen LogP) is 9.12. The van der Waals surface area contributed by atoms with Crippen LogP contribution in [0.15, 0.2) is 97.1 Å². The zero-order valence-electron chi connectivity index (χ0n) is 32.7. The molecular weight excluding hydrogens is 713 g/mol. The Morgan fingerprint density at radius 3 is 1.17 bits per heavy atom. The molecule has 8 nitrogen and oxygen atoms in total. The van der Waals surface area contributed by atoms with Crippen LogP contribution in [0.5, 0.6) is 0 Å². The highest BCUT2D eigenvalue weighted by atomic mass is 32.1. The fourth-order valence-corrected chi connectivity index (χ4v) is 5.44. The minimum atomic E-state index is -0.254. The Kier molecular flexibility index (Phi) is 15.5. The molecule has 0 bridgehead atoms. The van der Waals surface area contributed by atoms with Gasteiger partial charge in [-0.3, -0.25) is 29.8 Å². The van der Waals surface area contributed by atoms with Crippen molar-refractivity contribution in [2.75, 3.05) is 10.6 Å². The van der Waals surface area contributed by atoms with Crippen LogP contribution in [0.3, 0.4) is 0 Å². The van der Waals surface area contributed by atoms with Gasteiger partial charge in [-0.2, -0.15) is 0 Å². The van der Waals surface area contributed by atoms with E-state index in [9.17, 15) is 19.2 Å². The molecule has 54 heavy (non-hydrogen) atoms. The molecule has 0 fully saturated rings. The monoisotopic (exact) mass is 764 g/mol. The van der Waals surface area contributed by atoms with Gasteiger partial charge in [-0.1, -0.05) is 104 Å². The van der Waals surface area contributed by atoms with Crippen LogP contribution in [0.2, 0.25) is 0 Å². The van der Waals surface area contributed by atoms with Crippen molar-refractivity contribution in [3.05, 3.63) is 130 Å². The van der Waals surface area contributed by atoms with E-state index in [0.29, 0.717) is 24.0 Å². The van der Waals surface area contributed by atoms with E-state index in [2.05, 4.69) is 62.8 Å². The van der Waals surface area contributed by atoms with Gasteiger partial charge in [0.2, 0.25) is 0 Å². The van der Waals surface area contributed by atoms with E-state index < -0.39 is 0 Å². The minimum absolute atomic E-state index is 0.0260. The van der Waals surface area contributed by atoms with Crippen molar-refractivity contribution in [3.8, 4) is 0 Å². The van der Waals surface area contributed by atoms with Crippen molar-refractivity contribution >= 4 is 69.4 Å². The number of hydrogen-bond acceptors (Lipinski definition) is 6. The molecule has 0 heterocycles. The molecule has 0 aliphatic heterocycles. The zero-order valence-corrected chi connectivity index (χ0v) is 34.3. The molecule has 0 aliphatic carbocycles. The van der Waals surface area contributed by atoms with Crippen LogP contribution in [0, 0.1) is 5.92 Å². The Balaban J connectivity index is 0.000000291. The number of ketones is 2. The third-order valence-corrected chi connectivity index (χ3v) is 8.79. The van der Waals surface area contributed by atoms with Gasteiger partial charge in [0.15, 0.2) is 10.2 Å². The molecule has 4 aromatic rings. The lowest BCUT2D eigenvalue weighted by Gasteiger charge is -2.19. The first kappa shape index (κ1) is 43.3. The van der Waals surface area contributed by atoms with Crippen LogP contribution >= 0.6 is 24.4 Å². The van der Waals surface area contributed by atoms with Crippen LogP contribution in [0.1, 0.15) is 105 Å². The molecule has 4 N–H and O–H groups in total. The summed E-state index contributed by atoms with van der Waals surface area (Å²) in [6, 6.07) is 29.9. The Morgan fingerprint density at radius 1 is 0.537 bits per heavy atom. The Hall–Kier alpha value is -5.06. The molecule has 10 heteroatoms. The Labute approximate surface area is 330 Å². The number of carbonyl (C=O) groups is 4. The summed E-state index contributed by atoms with van der Waals surface area (Å²) in [5.74, 6) is -0.154. The molecule has 4 aromatic carbocycles. The maximum atomic E-state index is 12.4. The van der Waals surface area contributed by atoms with Gasteiger partial charge in [0.25, 0.3) is 11.8 Å². The fraction of sp³-hybridized carbons (Fsp3) is 0.318. The van der Waals surface area contributed by atoms with Gasteiger partial charge in [-0.25, -0.2) is 0 Å². The molecule has 4 rings (SSSR count). The topological polar surface area (TPSA) is 116 Å². The summed E-state index contributed by atoms with van der Waals surface area (Å²) < 4.78 is 0. The highest BCUT2D eigenvalue weighted by molar-refractivity contribution is 7.80. The molecule has 0 saturated heterocycles. The van der Waals surface area contributed by atoms with Gasteiger partial charge >= 0.3 is 0 Å². The van der Waals surface area contributed by atoms with E-state index in [1.54, 1.807) is 31.2 Å². The number of amides is 2. The first-order valence-corrected chi connectivity index (χ1v) is 18.7. The molecule has 0 radical (unpaired) electrons. The summed E-state index contributed by atoms with van der Waals surface area (Å²) in [5.41, 5.74) is 6.94. The van der Waals surface area contributed by atoms with E-state index in [0.717, 1.165) is 22.5 Å². The van der Waals surface area contributed by atoms with E-state index in [1.807, 2.05) is 86.6 Å². The zero-order chi connectivity index (χ0) is 40.2. The third-order valence-electron chi connectivity index (χ3n) is 8.38. The van der Waals surface area contributed by atoms with Crippen molar-refractivity contribution < 1.29 is 19.2 Å². The average molecular weight is 765 g/mol. The molecule has 2 amide bonds. The Bertz CT molecular complexity index is 1940. The molecular formula is C44H52N4O4S2. The van der Waals surface area contributed by atoms with Crippen LogP contribution in [0.25, 0.3) is 0 Å². The number of nitrogens with one attached hydrogen (secondary N) is 4. The van der Waals surface area contributed by atoms with Gasteiger partial charge < -0.3 is 10.6 Å². The number of carbonyl (C=O) groups excluding carboxylic acids is 4. The highest BCUT2D eigenvalue weighted by Crippen LogP contribution is 2.23. The van der Waals surface area contributed by atoms with E-state index in [-0.39, 0.29) is 50.4 Å². The number of rotatable bonds is 9. The van der Waals surface area contributed by atoms with E-state index in [1.165, 1.54) is 11.1 Å². The van der Waals surface area contributed by atoms with Crippen LogP contribution < -0.4 is 21.3 Å². The maximum Gasteiger partial charge on any atom is 0.257 e. The summed E-state index contributed by atoms with van der Waals surface area (Å²) in [4.78, 5) is 47.6. The van der Waals surface area contributed by atoms with E-state index in [4.69, 9.17) is 24.4 Å². The number of hydrogen-bond donors (Lipinski definition) is 4. The summed E-state index contributed by atoms with van der Waals surface area (Å²) in [7, 11) is 0. The SMILES string of the molecule is CC(=O)Cc1ccc(NC(=S)NC(=O)c2ccc(C(C)(C)C)cc2)cc1.CC(C)C(=O)Cc1ccc(NC(=S)NC(=O)c2ccc(C(C)(C)C)cc2)cc1. The average Bonchev–Trinajstić information content (AvgIpc) is 3.09. The summed E-state index contributed by atoms with van der Waals surface area (Å²) in [5, 5.41) is 11.8. The summed E-state index contributed by atoms with van der Waals surface area (Å²) >= 11 is 10.4. The van der Waals surface area contributed by atoms with Crippen LogP contribution in [-0.2, 0) is 33.3 Å². The highest BCUT2D eigenvalue weighted by Gasteiger charge is 2.16. The number of benzene rings is 4. The second-order valence-corrected chi connectivity index (χ2v) is 16.4. The number of Topliss-reactive ketones (excluding diaryl/α,β-unsaturated/α-hetero) is 2. The van der Waals surface area contributed by atoms with E-state index >= 15 is 0 Å². The quantitative estimate of drug-likeness (QED) is 0.125. The first-order chi connectivity index (χ1) is 25.2. The maximum absolute atomic E-state index is 12.4. The fourth-order valence-electron chi connectivity index (χ4n) is 5.02. The second kappa shape index (κ2) is 19.3. The minimum Gasteiger partial charge on any atom is -0.332 e. The molecule has 0 atom stereocenters. The lowest BCUT2D eigenvalue weighted by molar-refractivity contribution is -0.121. The predicted molar refractivity (Wildman–Crippen MR) is 228 cm³/mol. The van der Waals surface area contributed by atoms with Crippen molar-refractivity contribution in [1.82, 2.24) is 10.6 Å². The molecule has 0 aromatic heterocycles. The largest absolute Gasteiger partial charge is 0.332 e. The second-order valence-electron chi connectivity index (χ2n) is 15.5. The molecule has 0 aliphatic rings. The molecule has 0 unspecified atom stereocenters. The van der Waals surface area contributed by atoms with Crippen molar-refractivity contribution in [1.29, 1.82) is 0 Å². The van der Waals surface area contributed by atoms with Crippen LogP contribution in [0.4, 0.5) is 11.4 Å². The lowest BCUT2D eigenvalue weighted by Crippen LogP contribution is -2.34. The number of anilines is 2. The summed E-state index contributed by atoms with van der Waals surface area (Å²) in [6.45, 7) is 18.1. The Morgan fingerprint density at radius 2 is 0.870 bits per heavy atom. The van der Waals surface area contributed by atoms with Crippen LogP contribution in [-0.4, -0.2) is 33.6 Å². The van der Waals surface area contributed by atoms with Crippen molar-refractivity contribution in [2.45, 2.75) is 86.0 Å². The number of thiocarbonyl (C=S) groups is 2. The van der Waals surface area contributed by atoms with Gasteiger partial charge in [0, 0.05) is 41.3 Å². The van der Waals surface area contributed by atoms with Gasteiger partial charge in [-0.05, 0) is 113 Å². The molecule has 0 spiro atoms. The van der Waals surface area contributed by atoms with Gasteiger partial charge in [0.1, 0.15) is 11.6 Å². The summed E-state index contributed by atoms with van der Waals surface area (Å²) in [6.07, 6.45) is 0.829. The van der Waals surface area contributed by atoms with Gasteiger partial charge in [0.05, 0.1) is 0 Å². The normalized spacial score (nSPS) is 11.1. The van der Waals surface area contributed by atoms with Crippen molar-refractivity contribution in [3.63, 3.8) is 0 Å². The van der Waals surface area contributed by atoms with Gasteiger partial charge in [-0.15, -0.1) is 0 Å². The third kappa shape index (κ3) is 14.4. The standard InChI is InChI=1S/C23H28N2O2S.C21H24N2O2S/c1-15(2)20(26)14-16-6-12-19(13-7-16)24-22(28)25-21(27)17-8-10-18(11-9-17)23(3,4)5;1-14(24)13-15-5-11-18(12-6-15)22-20(26)23-19(25)16-7-9-17(10-8-16)21(2,3)4/h6-13,15H,14H2,1-5H3,(H2,24,25,27,28);5-12H,13H2,1-4H3,(H2,22,23,25,26). The smallest absolute Gasteiger partial charge is 0.257 e. The molecule has 0 saturated carbocycles. The first-order valence-electron chi connectivity index (χ1n) is 17.9. The van der Waals surface area contributed by atoms with Crippen molar-refractivity contribution in [2.24, 2.45) is 5.92 Å². The molecule has 284 valence electrons. The lowest BCUT2D eigenvalue weighted by atomic mass is 9.86.